The Morgan fingerprint density at radius 1 is 1.10 bits per heavy atom. The molecule has 0 radical (unpaired) electrons. The predicted octanol–water partition coefficient (Wildman–Crippen LogP) is 3.64. The molecule has 1 heterocycles. The molecule has 114 valence electrons. The van der Waals surface area contributed by atoms with Gasteiger partial charge in [-0.1, -0.05) is 48.6 Å². The van der Waals surface area contributed by atoms with Crippen LogP contribution in [0.4, 0.5) is 0 Å². The van der Waals surface area contributed by atoms with Gasteiger partial charge < -0.3 is 10.6 Å². The van der Waals surface area contributed by atoms with E-state index < -0.39 is 0 Å². The molecule has 1 aliphatic carbocycles. The Kier molecular flexibility index (Phi) is 7.27. The quantitative estimate of drug-likeness (QED) is 0.885. The molecule has 0 amide bonds. The highest BCUT2D eigenvalue weighted by atomic mass is 14.9. The zero-order valence-electron chi connectivity index (χ0n) is 13.1. The number of rotatable bonds is 3. The molecule has 1 saturated heterocycles. The van der Waals surface area contributed by atoms with Crippen LogP contribution in [0.25, 0.3) is 0 Å². The molecule has 2 aliphatic rings. The first-order chi connectivity index (χ1) is 10.4. The van der Waals surface area contributed by atoms with Gasteiger partial charge in [0.25, 0.3) is 0 Å². The Labute approximate surface area is 129 Å². The van der Waals surface area contributed by atoms with E-state index in [-0.39, 0.29) is 0 Å². The molecular weight excluding hydrogens is 256 g/mol. The van der Waals surface area contributed by atoms with Gasteiger partial charge in [0.15, 0.2) is 0 Å². The van der Waals surface area contributed by atoms with Gasteiger partial charge in [0.05, 0.1) is 0 Å². The lowest BCUT2D eigenvalue weighted by Crippen LogP contribution is -2.26. The number of piperidine rings is 1. The molecule has 0 atom stereocenters. The minimum atomic E-state index is 0.799. The topological polar surface area (TPSA) is 24.1 Å². The third-order valence-electron chi connectivity index (χ3n) is 4.06. The van der Waals surface area contributed by atoms with Crippen LogP contribution in [-0.2, 0) is 0 Å². The molecule has 1 fully saturated rings. The monoisotopic (exact) mass is 284 g/mol. The summed E-state index contributed by atoms with van der Waals surface area (Å²) in [5.41, 5.74) is 2.93. The molecule has 1 aromatic carbocycles. The van der Waals surface area contributed by atoms with E-state index in [1.807, 2.05) is 7.05 Å². The number of hydrogen-bond donors (Lipinski definition) is 2. The van der Waals surface area contributed by atoms with Crippen LogP contribution in [0.5, 0.6) is 0 Å². The number of hydrogen-bond acceptors (Lipinski definition) is 2. The molecule has 2 nitrogen and oxygen atoms in total. The molecule has 1 aliphatic heterocycles. The van der Waals surface area contributed by atoms with Gasteiger partial charge in [-0.05, 0) is 62.9 Å². The molecule has 2 N–H and O–H groups in total. The van der Waals surface area contributed by atoms with Crippen molar-refractivity contribution in [1.82, 2.24) is 10.6 Å². The van der Waals surface area contributed by atoms with Gasteiger partial charge in [-0.3, -0.25) is 0 Å². The second-order valence-corrected chi connectivity index (χ2v) is 5.72. The third-order valence-corrected chi connectivity index (χ3v) is 4.06. The molecule has 0 unspecified atom stereocenters. The zero-order valence-corrected chi connectivity index (χ0v) is 13.1. The minimum Gasteiger partial charge on any atom is -0.317 e. The maximum absolute atomic E-state index is 3.38. The number of benzene rings is 1. The SMILES string of the molecule is CNCC1=CCCC=C1.c1ccc(C2CCNCC2)cc1. The van der Waals surface area contributed by atoms with Gasteiger partial charge in [0, 0.05) is 6.54 Å². The molecule has 2 heteroatoms. The summed E-state index contributed by atoms with van der Waals surface area (Å²) in [5, 5.41) is 6.50. The van der Waals surface area contributed by atoms with E-state index >= 15 is 0 Å². The fourth-order valence-electron chi connectivity index (χ4n) is 2.88. The average Bonchev–Trinajstić information content (AvgIpc) is 2.58. The van der Waals surface area contributed by atoms with Crippen molar-refractivity contribution in [2.45, 2.75) is 31.6 Å². The summed E-state index contributed by atoms with van der Waals surface area (Å²) in [6.45, 7) is 3.37. The Balaban J connectivity index is 0.000000161. The maximum Gasteiger partial charge on any atom is 0.0199 e. The first-order valence-electron chi connectivity index (χ1n) is 8.16. The van der Waals surface area contributed by atoms with Crippen molar-refractivity contribution in [1.29, 1.82) is 0 Å². The average molecular weight is 284 g/mol. The van der Waals surface area contributed by atoms with Crippen molar-refractivity contribution in [3.8, 4) is 0 Å². The van der Waals surface area contributed by atoms with E-state index in [2.05, 4.69) is 59.2 Å². The molecule has 0 spiro atoms. The summed E-state index contributed by atoms with van der Waals surface area (Å²) in [7, 11) is 1.98. The molecule has 0 aromatic heterocycles. The normalized spacial score (nSPS) is 18.6. The van der Waals surface area contributed by atoms with Gasteiger partial charge in [-0.2, -0.15) is 0 Å². The third kappa shape index (κ3) is 5.86. The Bertz CT molecular complexity index is 442. The van der Waals surface area contributed by atoms with Gasteiger partial charge in [-0.25, -0.2) is 0 Å². The van der Waals surface area contributed by atoms with Crippen molar-refractivity contribution < 1.29 is 0 Å². The summed E-state index contributed by atoms with van der Waals surface area (Å²) >= 11 is 0. The first kappa shape index (κ1) is 16.0. The van der Waals surface area contributed by atoms with Gasteiger partial charge >= 0.3 is 0 Å². The lowest BCUT2D eigenvalue weighted by Gasteiger charge is -2.22. The Morgan fingerprint density at radius 2 is 1.86 bits per heavy atom. The summed E-state index contributed by atoms with van der Waals surface area (Å²) in [4.78, 5) is 0. The van der Waals surface area contributed by atoms with Crippen LogP contribution in [0.15, 0.2) is 54.1 Å². The second kappa shape index (κ2) is 9.54. The van der Waals surface area contributed by atoms with E-state index in [9.17, 15) is 0 Å². The van der Waals surface area contributed by atoms with E-state index in [0.717, 1.165) is 12.5 Å². The van der Waals surface area contributed by atoms with Crippen molar-refractivity contribution in [2.24, 2.45) is 0 Å². The largest absolute Gasteiger partial charge is 0.317 e. The van der Waals surface area contributed by atoms with Crippen LogP contribution in [0.1, 0.15) is 37.2 Å². The summed E-state index contributed by atoms with van der Waals surface area (Å²) in [5.74, 6) is 0.799. The first-order valence-corrected chi connectivity index (χ1v) is 8.16. The fraction of sp³-hybridized carbons (Fsp3) is 0.474. The van der Waals surface area contributed by atoms with Crippen LogP contribution >= 0.6 is 0 Å². The van der Waals surface area contributed by atoms with E-state index in [0.29, 0.717) is 0 Å². The Hall–Kier alpha value is -1.38. The van der Waals surface area contributed by atoms with Crippen LogP contribution in [0.3, 0.4) is 0 Å². The van der Waals surface area contributed by atoms with Crippen molar-refractivity contribution in [3.63, 3.8) is 0 Å². The summed E-state index contributed by atoms with van der Waals surface area (Å²) in [6, 6.07) is 10.9. The minimum absolute atomic E-state index is 0.799. The Morgan fingerprint density at radius 3 is 2.48 bits per heavy atom. The maximum atomic E-state index is 3.38. The molecule has 21 heavy (non-hydrogen) atoms. The van der Waals surface area contributed by atoms with E-state index in [1.165, 1.54) is 49.9 Å². The smallest absolute Gasteiger partial charge is 0.0199 e. The molecule has 1 aromatic rings. The van der Waals surface area contributed by atoms with Crippen LogP contribution in [0, 0.1) is 0 Å². The lowest BCUT2D eigenvalue weighted by atomic mass is 9.90. The molecule has 3 rings (SSSR count). The highest BCUT2D eigenvalue weighted by Gasteiger charge is 2.13. The van der Waals surface area contributed by atoms with Gasteiger partial charge in [0.2, 0.25) is 0 Å². The van der Waals surface area contributed by atoms with Crippen LogP contribution in [0.2, 0.25) is 0 Å². The number of likely N-dealkylation sites (N-methyl/N-ethyl adjacent to an activating group) is 1. The van der Waals surface area contributed by atoms with Crippen molar-refractivity contribution in [3.05, 3.63) is 59.7 Å². The van der Waals surface area contributed by atoms with Crippen LogP contribution in [-0.4, -0.2) is 26.7 Å². The summed E-state index contributed by atoms with van der Waals surface area (Å²) in [6.07, 6.45) is 11.7. The number of allylic oxidation sites excluding steroid dienone is 2. The lowest BCUT2D eigenvalue weighted by molar-refractivity contribution is 0.460. The zero-order chi connectivity index (χ0) is 14.8. The standard InChI is InChI=1S/C11H15N.C8H13N/c1-2-4-10(5-3-1)11-6-8-12-9-7-11;1-9-7-8-5-3-2-4-6-8/h1-5,11-12H,6-9H2;3,5-6,9H,2,4,7H2,1H3. The fourth-order valence-corrected chi connectivity index (χ4v) is 2.88. The number of nitrogens with one attached hydrogen (secondary N) is 2. The van der Waals surface area contributed by atoms with Gasteiger partial charge in [0.1, 0.15) is 0 Å². The van der Waals surface area contributed by atoms with Gasteiger partial charge in [-0.15, -0.1) is 0 Å². The highest BCUT2D eigenvalue weighted by molar-refractivity contribution is 5.23. The van der Waals surface area contributed by atoms with E-state index in [4.69, 9.17) is 0 Å². The molecule has 0 saturated carbocycles. The van der Waals surface area contributed by atoms with Crippen LogP contribution < -0.4 is 10.6 Å². The van der Waals surface area contributed by atoms with Crippen molar-refractivity contribution in [2.75, 3.05) is 26.7 Å². The molecule has 0 bridgehead atoms. The highest BCUT2D eigenvalue weighted by Crippen LogP contribution is 2.24. The molecular formula is C19H28N2. The van der Waals surface area contributed by atoms with Crippen molar-refractivity contribution >= 4 is 0 Å². The summed E-state index contributed by atoms with van der Waals surface area (Å²) < 4.78 is 0. The second-order valence-electron chi connectivity index (χ2n) is 5.72. The van der Waals surface area contributed by atoms with E-state index in [1.54, 1.807) is 0 Å². The predicted molar refractivity (Wildman–Crippen MR) is 91.7 cm³/mol.